The highest BCUT2D eigenvalue weighted by atomic mass is 35.5. The minimum atomic E-state index is -0.935. The number of rotatable bonds is 5. The molecule has 6 heteroatoms. The number of hydrogen-bond acceptors (Lipinski definition) is 3. The van der Waals surface area contributed by atoms with Crippen molar-refractivity contribution in [3.05, 3.63) is 48.4 Å². The van der Waals surface area contributed by atoms with Gasteiger partial charge in [-0.05, 0) is 6.42 Å². The van der Waals surface area contributed by atoms with E-state index < -0.39 is 4.33 Å². The predicted molar refractivity (Wildman–Crippen MR) is 92.6 cm³/mol. The first-order valence-corrected chi connectivity index (χ1v) is 8.47. The Kier molecular flexibility index (Phi) is 4.26. The van der Waals surface area contributed by atoms with Gasteiger partial charge in [-0.2, -0.15) is 0 Å². The molecule has 0 N–H and O–H groups in total. The van der Waals surface area contributed by atoms with Crippen LogP contribution >= 0.6 is 34.5 Å². The van der Waals surface area contributed by atoms with Gasteiger partial charge in [0.25, 0.3) is 0 Å². The normalized spacial score (nSPS) is 18.7. The van der Waals surface area contributed by atoms with Crippen LogP contribution in [0.5, 0.6) is 0 Å². The Morgan fingerprint density at radius 2 is 2.14 bits per heavy atom. The van der Waals surface area contributed by atoms with Crippen LogP contribution in [0.3, 0.4) is 0 Å². The molecule has 0 bridgehead atoms. The lowest BCUT2D eigenvalue weighted by molar-refractivity contribution is -0.119. The second kappa shape index (κ2) is 6.03. The van der Waals surface area contributed by atoms with E-state index in [0.29, 0.717) is 18.1 Å². The molecule has 1 amide bonds. The number of aromatic nitrogens is 1. The average molecular weight is 353 g/mol. The number of nitrogens with zero attached hydrogens (tertiary/aromatic N) is 2. The lowest BCUT2D eigenvalue weighted by Gasteiger charge is -2.18. The summed E-state index contributed by atoms with van der Waals surface area (Å²) >= 11 is 13.4. The Bertz CT molecular complexity index is 699. The lowest BCUT2D eigenvalue weighted by Crippen LogP contribution is -2.33. The molecule has 1 saturated carbocycles. The summed E-state index contributed by atoms with van der Waals surface area (Å²) in [6, 6.07) is 9.85. The van der Waals surface area contributed by atoms with Gasteiger partial charge in [0.2, 0.25) is 5.91 Å². The molecule has 1 atom stereocenters. The van der Waals surface area contributed by atoms with Gasteiger partial charge in [-0.3, -0.25) is 9.69 Å². The van der Waals surface area contributed by atoms with Crippen molar-refractivity contribution in [3.63, 3.8) is 0 Å². The molecule has 0 radical (unpaired) electrons. The molecule has 3 nitrogen and oxygen atoms in total. The topological polar surface area (TPSA) is 33.2 Å². The van der Waals surface area contributed by atoms with Crippen molar-refractivity contribution in [1.82, 2.24) is 4.98 Å². The molecule has 1 heterocycles. The van der Waals surface area contributed by atoms with Crippen molar-refractivity contribution < 1.29 is 4.79 Å². The Morgan fingerprint density at radius 3 is 2.73 bits per heavy atom. The number of alkyl halides is 2. The fourth-order valence-electron chi connectivity index (χ4n) is 2.19. The van der Waals surface area contributed by atoms with E-state index in [4.69, 9.17) is 23.2 Å². The third-order valence-electron chi connectivity index (χ3n) is 3.49. The van der Waals surface area contributed by atoms with Crippen LogP contribution in [0.15, 0.2) is 48.4 Å². The molecule has 1 aliphatic carbocycles. The zero-order valence-electron chi connectivity index (χ0n) is 11.7. The SMILES string of the molecule is C=CCN(C(=O)C1CC1(Cl)Cl)c1nc(-c2ccccc2)cs1. The van der Waals surface area contributed by atoms with E-state index in [1.165, 1.54) is 11.3 Å². The summed E-state index contributed by atoms with van der Waals surface area (Å²) in [7, 11) is 0. The third-order valence-corrected chi connectivity index (χ3v) is 5.19. The van der Waals surface area contributed by atoms with E-state index in [-0.39, 0.29) is 11.8 Å². The van der Waals surface area contributed by atoms with Gasteiger partial charge in [0.1, 0.15) is 4.33 Å². The summed E-state index contributed by atoms with van der Waals surface area (Å²) in [5.41, 5.74) is 1.87. The fraction of sp³-hybridized carbons (Fsp3) is 0.250. The van der Waals surface area contributed by atoms with E-state index in [1.54, 1.807) is 11.0 Å². The van der Waals surface area contributed by atoms with Gasteiger partial charge in [0.15, 0.2) is 5.13 Å². The minimum Gasteiger partial charge on any atom is -0.284 e. The molecule has 22 heavy (non-hydrogen) atoms. The minimum absolute atomic E-state index is 0.0983. The van der Waals surface area contributed by atoms with Gasteiger partial charge >= 0.3 is 0 Å². The number of anilines is 1. The molecule has 1 unspecified atom stereocenters. The van der Waals surface area contributed by atoms with Gasteiger partial charge < -0.3 is 0 Å². The van der Waals surface area contributed by atoms with Gasteiger partial charge in [0.05, 0.1) is 11.6 Å². The molecule has 0 aliphatic heterocycles. The van der Waals surface area contributed by atoms with E-state index in [1.807, 2.05) is 35.7 Å². The molecular weight excluding hydrogens is 339 g/mol. The number of benzene rings is 1. The molecule has 0 spiro atoms. The van der Waals surface area contributed by atoms with E-state index in [9.17, 15) is 4.79 Å². The molecule has 2 aromatic rings. The van der Waals surface area contributed by atoms with E-state index in [2.05, 4.69) is 11.6 Å². The first-order valence-electron chi connectivity index (χ1n) is 6.84. The number of carbonyl (C=O) groups is 1. The Balaban J connectivity index is 1.85. The maximum Gasteiger partial charge on any atom is 0.235 e. The lowest BCUT2D eigenvalue weighted by atomic mass is 10.2. The second-order valence-corrected chi connectivity index (χ2v) is 7.52. The summed E-state index contributed by atoms with van der Waals surface area (Å²) < 4.78 is -0.935. The molecular formula is C16H14Cl2N2OS. The zero-order chi connectivity index (χ0) is 15.7. The van der Waals surface area contributed by atoms with Crippen molar-refractivity contribution in [2.75, 3.05) is 11.4 Å². The number of carbonyl (C=O) groups excluding carboxylic acids is 1. The fourth-order valence-corrected chi connectivity index (χ4v) is 3.53. The van der Waals surface area contributed by atoms with Crippen molar-refractivity contribution in [2.24, 2.45) is 5.92 Å². The zero-order valence-corrected chi connectivity index (χ0v) is 14.0. The number of halogens is 2. The molecule has 1 aromatic carbocycles. The first kappa shape index (κ1) is 15.5. The summed E-state index contributed by atoms with van der Waals surface area (Å²) in [5.74, 6) is -0.460. The maximum atomic E-state index is 12.5. The highest BCUT2D eigenvalue weighted by molar-refractivity contribution is 7.14. The van der Waals surface area contributed by atoms with Crippen LogP contribution in [-0.2, 0) is 4.79 Å². The molecule has 1 aliphatic rings. The van der Waals surface area contributed by atoms with Crippen LogP contribution in [0.4, 0.5) is 5.13 Å². The van der Waals surface area contributed by atoms with Crippen LogP contribution < -0.4 is 4.90 Å². The Hall–Kier alpha value is -1.36. The van der Waals surface area contributed by atoms with Crippen LogP contribution in [0, 0.1) is 5.92 Å². The van der Waals surface area contributed by atoms with E-state index >= 15 is 0 Å². The van der Waals surface area contributed by atoms with Crippen LogP contribution in [0.2, 0.25) is 0 Å². The average Bonchev–Trinajstić information content (AvgIpc) is 2.95. The van der Waals surface area contributed by atoms with Crippen LogP contribution in [0.25, 0.3) is 11.3 Å². The van der Waals surface area contributed by atoms with E-state index in [0.717, 1.165) is 11.3 Å². The van der Waals surface area contributed by atoms with Gasteiger partial charge in [-0.15, -0.1) is 41.1 Å². The summed E-state index contributed by atoms with van der Waals surface area (Å²) in [5, 5.41) is 2.58. The smallest absolute Gasteiger partial charge is 0.235 e. The third kappa shape index (κ3) is 3.05. The summed E-state index contributed by atoms with van der Waals surface area (Å²) in [6.07, 6.45) is 2.16. The maximum absolute atomic E-state index is 12.5. The van der Waals surface area contributed by atoms with Gasteiger partial charge in [-0.1, -0.05) is 36.4 Å². The predicted octanol–water partition coefficient (Wildman–Crippen LogP) is 4.52. The molecule has 1 fully saturated rings. The molecule has 114 valence electrons. The first-order chi connectivity index (χ1) is 10.5. The summed E-state index contributed by atoms with van der Waals surface area (Å²) in [4.78, 5) is 18.7. The second-order valence-electron chi connectivity index (χ2n) is 5.14. The molecule has 1 aromatic heterocycles. The Morgan fingerprint density at radius 1 is 1.45 bits per heavy atom. The van der Waals surface area contributed by atoms with Gasteiger partial charge in [-0.25, -0.2) is 4.98 Å². The van der Waals surface area contributed by atoms with Crippen molar-refractivity contribution >= 4 is 45.6 Å². The summed E-state index contributed by atoms with van der Waals surface area (Å²) in [6.45, 7) is 4.10. The molecule has 3 rings (SSSR count). The Labute approximate surface area is 143 Å². The van der Waals surface area contributed by atoms with Crippen LogP contribution in [-0.4, -0.2) is 21.8 Å². The monoisotopic (exact) mass is 352 g/mol. The van der Waals surface area contributed by atoms with Crippen LogP contribution in [0.1, 0.15) is 6.42 Å². The number of amides is 1. The standard InChI is InChI=1S/C16H14Cl2N2OS/c1-2-8-20(14(21)12-9-16(12,17)18)15-19-13(10-22-15)11-6-4-3-5-7-11/h2-7,10,12H,1,8-9H2. The quantitative estimate of drug-likeness (QED) is 0.585. The van der Waals surface area contributed by atoms with Crippen molar-refractivity contribution in [3.8, 4) is 11.3 Å². The number of thiazole rings is 1. The van der Waals surface area contributed by atoms with Gasteiger partial charge in [0, 0.05) is 17.5 Å². The molecule has 0 saturated heterocycles. The van der Waals surface area contributed by atoms with Crippen molar-refractivity contribution in [2.45, 2.75) is 10.8 Å². The number of hydrogen-bond donors (Lipinski definition) is 0. The highest BCUT2D eigenvalue weighted by Crippen LogP contribution is 2.54. The van der Waals surface area contributed by atoms with Crippen molar-refractivity contribution in [1.29, 1.82) is 0 Å². The largest absolute Gasteiger partial charge is 0.284 e. The highest BCUT2D eigenvalue weighted by Gasteiger charge is 2.57.